The predicted molar refractivity (Wildman–Crippen MR) is 72.3 cm³/mol. The van der Waals surface area contributed by atoms with Crippen LogP contribution < -0.4 is 5.73 Å². The highest BCUT2D eigenvalue weighted by atomic mass is 35.5. The van der Waals surface area contributed by atoms with Gasteiger partial charge in [-0.25, -0.2) is 4.79 Å². The Labute approximate surface area is 115 Å². The minimum absolute atomic E-state index is 0.0276. The number of benzene rings is 1. The largest absolute Gasteiger partial charge is 0.478 e. The van der Waals surface area contributed by atoms with E-state index in [2.05, 4.69) is 0 Å². The van der Waals surface area contributed by atoms with Crippen molar-refractivity contribution in [2.24, 2.45) is 5.73 Å². The van der Waals surface area contributed by atoms with Crippen molar-refractivity contribution in [3.63, 3.8) is 0 Å². The number of halogens is 1. The van der Waals surface area contributed by atoms with Crippen LogP contribution in [0.2, 0.25) is 0 Å². The van der Waals surface area contributed by atoms with Crippen LogP contribution in [-0.2, 0) is 0 Å². The maximum atomic E-state index is 12.3. The molecule has 0 heterocycles. The van der Waals surface area contributed by atoms with Gasteiger partial charge in [0.05, 0.1) is 5.56 Å². The fourth-order valence-electron chi connectivity index (χ4n) is 1.93. The molecule has 0 spiro atoms. The third-order valence-corrected chi connectivity index (χ3v) is 3.09. The maximum absolute atomic E-state index is 12.3. The van der Waals surface area contributed by atoms with Crippen molar-refractivity contribution < 1.29 is 14.7 Å². The van der Waals surface area contributed by atoms with Crippen molar-refractivity contribution >= 4 is 23.4 Å². The summed E-state index contributed by atoms with van der Waals surface area (Å²) in [6.07, 6.45) is 4.97. The lowest BCUT2D eigenvalue weighted by Crippen LogP contribution is -2.33. The molecule has 3 N–H and O–H groups in total. The average Bonchev–Trinajstić information content (AvgIpc) is 2.36. The van der Waals surface area contributed by atoms with Crippen LogP contribution in [0.1, 0.15) is 27.1 Å². The zero-order valence-corrected chi connectivity index (χ0v) is 10.7. The summed E-state index contributed by atoms with van der Waals surface area (Å²) in [5.41, 5.74) is 6.26. The van der Waals surface area contributed by atoms with Crippen LogP contribution in [0.4, 0.5) is 0 Å². The number of allylic oxidation sites excluding steroid dienone is 2. The van der Waals surface area contributed by atoms with Gasteiger partial charge in [-0.1, -0.05) is 42.0 Å². The van der Waals surface area contributed by atoms with E-state index < -0.39 is 11.0 Å². The topological polar surface area (TPSA) is 80.4 Å². The highest BCUT2D eigenvalue weighted by molar-refractivity contribution is 6.26. The monoisotopic (exact) mass is 277 g/mol. The quantitative estimate of drug-likeness (QED) is 0.505. The number of carboxylic acids is 1. The third kappa shape index (κ3) is 2.92. The number of carbonyl (C=O) groups is 2. The Bertz CT molecular complexity index is 602. The summed E-state index contributed by atoms with van der Waals surface area (Å²) in [5.74, 6) is -1.50. The summed E-state index contributed by atoms with van der Waals surface area (Å²) < 4.78 is 0. The summed E-state index contributed by atoms with van der Waals surface area (Å²) in [6, 6.07) is 6.07. The zero-order chi connectivity index (χ0) is 14.0. The number of hydrogen-bond acceptors (Lipinski definition) is 3. The van der Waals surface area contributed by atoms with Crippen molar-refractivity contribution in [3.05, 3.63) is 59.2 Å². The van der Waals surface area contributed by atoms with Gasteiger partial charge in [0.15, 0.2) is 5.78 Å². The molecule has 0 saturated heterocycles. The first kappa shape index (κ1) is 13.5. The molecule has 4 nitrogen and oxygen atoms in total. The number of nitrogens with two attached hydrogens (primary N) is 1. The third-order valence-electron chi connectivity index (χ3n) is 2.83. The van der Waals surface area contributed by atoms with Gasteiger partial charge < -0.3 is 10.8 Å². The molecule has 0 bridgehead atoms. The molecule has 0 saturated carbocycles. The number of rotatable bonds is 3. The van der Waals surface area contributed by atoms with Crippen LogP contribution in [0.3, 0.4) is 0 Å². The van der Waals surface area contributed by atoms with Crippen molar-refractivity contribution in [2.75, 3.05) is 0 Å². The fourth-order valence-corrected chi connectivity index (χ4v) is 2.15. The molecule has 0 radical (unpaired) electrons. The molecule has 1 aliphatic carbocycles. The second kappa shape index (κ2) is 4.99. The molecule has 1 aromatic carbocycles. The van der Waals surface area contributed by atoms with Crippen LogP contribution in [0.25, 0.3) is 0 Å². The molecule has 1 atom stereocenters. The molecule has 5 heteroatoms. The van der Waals surface area contributed by atoms with Crippen molar-refractivity contribution in [1.82, 2.24) is 0 Å². The van der Waals surface area contributed by atoms with Gasteiger partial charge in [-0.05, 0) is 12.1 Å². The smallest absolute Gasteiger partial charge is 0.336 e. The number of carbonyl (C=O) groups excluding carboxylic acids is 1. The molecular weight excluding hydrogens is 266 g/mol. The minimum Gasteiger partial charge on any atom is -0.478 e. The summed E-state index contributed by atoms with van der Waals surface area (Å²) in [4.78, 5) is 22.3. The summed E-state index contributed by atoms with van der Waals surface area (Å²) >= 11 is 5.98. The molecule has 0 fully saturated rings. The SMILES string of the molecule is NC1(Cl)C=CC=C(C(=O)c2ccccc2C(=O)O)C1. The van der Waals surface area contributed by atoms with Crippen LogP contribution in [0.5, 0.6) is 0 Å². The zero-order valence-electron chi connectivity index (χ0n) is 9.97. The molecule has 1 unspecified atom stereocenters. The summed E-state index contributed by atoms with van der Waals surface area (Å²) in [7, 11) is 0. The normalized spacial score (nSPS) is 21.9. The highest BCUT2D eigenvalue weighted by Crippen LogP contribution is 2.27. The molecule has 98 valence electrons. The van der Waals surface area contributed by atoms with E-state index >= 15 is 0 Å². The van der Waals surface area contributed by atoms with Gasteiger partial charge in [0.25, 0.3) is 0 Å². The van der Waals surface area contributed by atoms with Crippen LogP contribution in [0.15, 0.2) is 48.1 Å². The van der Waals surface area contributed by atoms with Crippen molar-refractivity contribution in [3.8, 4) is 0 Å². The molecule has 2 rings (SSSR count). The first-order valence-electron chi connectivity index (χ1n) is 5.64. The first-order valence-corrected chi connectivity index (χ1v) is 6.02. The fraction of sp³-hybridized carbons (Fsp3) is 0.143. The van der Waals surface area contributed by atoms with E-state index in [4.69, 9.17) is 22.4 Å². The molecule has 1 aromatic rings. The number of carboxylic acid groups (broad SMARTS) is 1. The van der Waals surface area contributed by atoms with E-state index in [1.165, 1.54) is 12.1 Å². The second-order valence-electron chi connectivity index (χ2n) is 4.33. The Kier molecular flexibility index (Phi) is 3.55. The molecular formula is C14H12ClNO3. The van der Waals surface area contributed by atoms with Gasteiger partial charge in [0, 0.05) is 17.6 Å². The van der Waals surface area contributed by atoms with E-state index in [9.17, 15) is 9.59 Å². The van der Waals surface area contributed by atoms with Crippen LogP contribution in [-0.4, -0.2) is 21.9 Å². The summed E-state index contributed by atoms with van der Waals surface area (Å²) in [6.45, 7) is 0. The number of Topliss-reactive ketones (excluding diaryl/α,β-unsaturated/α-hetero) is 1. The lowest BCUT2D eigenvalue weighted by molar-refractivity contribution is 0.0692. The van der Waals surface area contributed by atoms with Gasteiger partial charge >= 0.3 is 5.97 Å². The maximum Gasteiger partial charge on any atom is 0.336 e. The van der Waals surface area contributed by atoms with Crippen molar-refractivity contribution in [1.29, 1.82) is 0 Å². The molecule has 19 heavy (non-hydrogen) atoms. The van der Waals surface area contributed by atoms with Gasteiger partial charge in [0.2, 0.25) is 0 Å². The first-order chi connectivity index (χ1) is 8.91. The minimum atomic E-state index is -1.14. The van der Waals surface area contributed by atoms with Gasteiger partial charge in [-0.3, -0.25) is 4.79 Å². The number of ketones is 1. The Morgan fingerprint density at radius 2 is 1.89 bits per heavy atom. The Morgan fingerprint density at radius 1 is 1.26 bits per heavy atom. The van der Waals surface area contributed by atoms with E-state index in [1.807, 2.05) is 0 Å². The number of aromatic carboxylic acids is 1. The molecule has 0 aliphatic heterocycles. The van der Waals surface area contributed by atoms with E-state index in [-0.39, 0.29) is 23.3 Å². The molecule has 1 aliphatic rings. The number of hydrogen-bond donors (Lipinski definition) is 2. The lowest BCUT2D eigenvalue weighted by atomic mass is 9.91. The molecule has 0 aromatic heterocycles. The predicted octanol–water partition coefficient (Wildman–Crippen LogP) is 2.35. The Hall–Kier alpha value is -1.91. The van der Waals surface area contributed by atoms with Crippen molar-refractivity contribution in [2.45, 2.75) is 11.4 Å². The Morgan fingerprint density at radius 3 is 2.47 bits per heavy atom. The van der Waals surface area contributed by atoms with E-state index in [0.717, 1.165) is 0 Å². The van der Waals surface area contributed by atoms with Gasteiger partial charge in [0.1, 0.15) is 5.00 Å². The van der Waals surface area contributed by atoms with Gasteiger partial charge in [-0.15, -0.1) is 0 Å². The van der Waals surface area contributed by atoms with E-state index in [1.54, 1.807) is 30.4 Å². The summed E-state index contributed by atoms with van der Waals surface area (Å²) in [5, 5.41) is 9.08. The van der Waals surface area contributed by atoms with Crippen LogP contribution >= 0.6 is 11.6 Å². The molecule has 0 amide bonds. The average molecular weight is 278 g/mol. The lowest BCUT2D eigenvalue weighted by Gasteiger charge is -2.22. The number of alkyl halides is 1. The van der Waals surface area contributed by atoms with E-state index in [0.29, 0.717) is 5.57 Å². The Balaban J connectivity index is 2.39. The highest BCUT2D eigenvalue weighted by Gasteiger charge is 2.27. The second-order valence-corrected chi connectivity index (χ2v) is 5.04. The standard InChI is InChI=1S/C14H12ClNO3/c15-14(16)7-3-4-9(8-14)12(17)10-5-1-2-6-11(10)13(18)19/h1-7H,8,16H2,(H,18,19). The van der Waals surface area contributed by atoms with Crippen LogP contribution in [0, 0.1) is 0 Å². The van der Waals surface area contributed by atoms with Gasteiger partial charge in [-0.2, -0.15) is 0 Å².